The van der Waals surface area contributed by atoms with E-state index < -0.39 is 0 Å². The van der Waals surface area contributed by atoms with Crippen molar-refractivity contribution < 1.29 is 0 Å². The van der Waals surface area contributed by atoms with E-state index in [1.165, 1.54) is 5.56 Å². The molecule has 4 aromatic rings. The van der Waals surface area contributed by atoms with Crippen LogP contribution in [0.15, 0.2) is 60.8 Å². The van der Waals surface area contributed by atoms with Crippen molar-refractivity contribution in [3.8, 4) is 11.3 Å². The number of aryl methyl sites for hydroxylation is 1. The predicted octanol–water partition coefficient (Wildman–Crippen LogP) is 5.65. The van der Waals surface area contributed by atoms with Crippen LogP contribution < -0.4 is 4.90 Å². The van der Waals surface area contributed by atoms with Crippen molar-refractivity contribution in [3.63, 3.8) is 0 Å². The fourth-order valence-corrected chi connectivity index (χ4v) is 3.50. The Morgan fingerprint density at radius 2 is 1.78 bits per heavy atom. The summed E-state index contributed by atoms with van der Waals surface area (Å²) in [6.07, 6.45) is 1.76. The lowest BCUT2D eigenvalue weighted by molar-refractivity contribution is 0.833. The molecule has 2 aromatic heterocycles. The van der Waals surface area contributed by atoms with Gasteiger partial charge in [-0.1, -0.05) is 59.1 Å². The van der Waals surface area contributed by atoms with E-state index in [9.17, 15) is 0 Å². The van der Waals surface area contributed by atoms with E-state index in [1.807, 2.05) is 29.8 Å². The Morgan fingerprint density at radius 3 is 2.52 bits per heavy atom. The van der Waals surface area contributed by atoms with Crippen LogP contribution in [-0.2, 0) is 6.54 Å². The Kier molecular flexibility index (Phi) is 4.77. The molecule has 0 radical (unpaired) electrons. The molecule has 0 atom stereocenters. The molecule has 0 spiro atoms. The Balaban J connectivity index is 1.75. The van der Waals surface area contributed by atoms with E-state index in [0.717, 1.165) is 28.3 Å². The van der Waals surface area contributed by atoms with E-state index in [0.29, 0.717) is 16.6 Å². The standard InChI is InChI=1S/C21H18Cl2N4/c1-14-3-5-15(6-4-14)19-12-21(27-20(25-19)9-10-24-27)26(2)13-16-7-8-17(22)11-18(16)23/h3-12H,13H2,1-2H3. The maximum Gasteiger partial charge on any atom is 0.157 e. The number of hydrogen-bond donors (Lipinski definition) is 0. The average molecular weight is 397 g/mol. The fourth-order valence-electron chi connectivity index (χ4n) is 3.03. The number of rotatable bonds is 4. The molecule has 0 amide bonds. The Morgan fingerprint density at radius 1 is 1.00 bits per heavy atom. The van der Waals surface area contributed by atoms with E-state index in [-0.39, 0.29) is 0 Å². The molecule has 2 heterocycles. The van der Waals surface area contributed by atoms with Gasteiger partial charge in [0.2, 0.25) is 0 Å². The first-order valence-electron chi connectivity index (χ1n) is 8.58. The van der Waals surface area contributed by atoms with Crippen LogP contribution in [0.1, 0.15) is 11.1 Å². The minimum Gasteiger partial charge on any atom is -0.355 e. The van der Waals surface area contributed by atoms with Gasteiger partial charge in [0.1, 0.15) is 5.82 Å². The third-order valence-electron chi connectivity index (χ3n) is 4.50. The molecule has 0 aliphatic rings. The molecule has 6 heteroatoms. The highest BCUT2D eigenvalue weighted by atomic mass is 35.5. The van der Waals surface area contributed by atoms with Crippen molar-refractivity contribution >= 4 is 34.7 Å². The normalized spacial score (nSPS) is 11.1. The minimum atomic E-state index is 0.627. The first kappa shape index (κ1) is 17.8. The molecule has 0 bridgehead atoms. The van der Waals surface area contributed by atoms with Crippen molar-refractivity contribution in [1.29, 1.82) is 0 Å². The summed E-state index contributed by atoms with van der Waals surface area (Å²) in [5.41, 5.74) is 5.00. The maximum atomic E-state index is 6.35. The number of nitrogens with zero attached hydrogens (tertiary/aromatic N) is 4. The van der Waals surface area contributed by atoms with Crippen molar-refractivity contribution in [2.45, 2.75) is 13.5 Å². The summed E-state index contributed by atoms with van der Waals surface area (Å²) >= 11 is 12.4. The van der Waals surface area contributed by atoms with Gasteiger partial charge in [-0.25, -0.2) is 4.98 Å². The maximum absolute atomic E-state index is 6.35. The topological polar surface area (TPSA) is 33.4 Å². The number of anilines is 1. The van der Waals surface area contributed by atoms with Crippen molar-refractivity contribution in [3.05, 3.63) is 82.0 Å². The summed E-state index contributed by atoms with van der Waals surface area (Å²) in [6.45, 7) is 2.70. The molecule has 136 valence electrons. The van der Waals surface area contributed by atoms with Gasteiger partial charge in [0, 0.05) is 41.3 Å². The smallest absolute Gasteiger partial charge is 0.157 e. The molecule has 27 heavy (non-hydrogen) atoms. The second-order valence-electron chi connectivity index (χ2n) is 6.56. The predicted molar refractivity (Wildman–Crippen MR) is 112 cm³/mol. The van der Waals surface area contributed by atoms with Crippen LogP contribution in [0, 0.1) is 6.92 Å². The largest absolute Gasteiger partial charge is 0.355 e. The van der Waals surface area contributed by atoms with Crippen LogP contribution in [0.3, 0.4) is 0 Å². The number of benzene rings is 2. The van der Waals surface area contributed by atoms with Crippen LogP contribution in [0.4, 0.5) is 5.82 Å². The van der Waals surface area contributed by atoms with Gasteiger partial charge < -0.3 is 4.90 Å². The monoisotopic (exact) mass is 396 g/mol. The number of hydrogen-bond acceptors (Lipinski definition) is 3. The molecule has 0 N–H and O–H groups in total. The van der Waals surface area contributed by atoms with E-state index in [4.69, 9.17) is 28.2 Å². The first-order chi connectivity index (χ1) is 13.0. The molecule has 0 saturated carbocycles. The van der Waals surface area contributed by atoms with Gasteiger partial charge in [-0.15, -0.1) is 0 Å². The Labute approximate surface area is 168 Å². The second kappa shape index (κ2) is 7.22. The van der Waals surface area contributed by atoms with Crippen LogP contribution in [0.2, 0.25) is 10.0 Å². The molecular weight excluding hydrogens is 379 g/mol. The average Bonchev–Trinajstić information content (AvgIpc) is 3.12. The van der Waals surface area contributed by atoms with Gasteiger partial charge in [-0.05, 0) is 24.6 Å². The summed E-state index contributed by atoms with van der Waals surface area (Å²) in [4.78, 5) is 6.85. The fraction of sp³-hybridized carbons (Fsp3) is 0.143. The molecule has 0 saturated heterocycles. The van der Waals surface area contributed by atoms with E-state index in [2.05, 4.69) is 47.3 Å². The van der Waals surface area contributed by atoms with Crippen molar-refractivity contribution in [1.82, 2.24) is 14.6 Å². The van der Waals surface area contributed by atoms with Gasteiger partial charge in [0.05, 0.1) is 11.9 Å². The number of halogens is 2. The molecule has 0 aliphatic heterocycles. The molecule has 0 fully saturated rings. The number of fused-ring (bicyclic) bond motifs is 1. The Hall–Kier alpha value is -2.56. The molecular formula is C21H18Cl2N4. The molecule has 0 aliphatic carbocycles. The Bertz CT molecular complexity index is 1100. The zero-order valence-corrected chi connectivity index (χ0v) is 16.5. The SMILES string of the molecule is Cc1ccc(-c2cc(N(C)Cc3ccc(Cl)cc3Cl)n3nccc3n2)cc1. The summed E-state index contributed by atoms with van der Waals surface area (Å²) in [7, 11) is 2.01. The lowest BCUT2D eigenvalue weighted by Gasteiger charge is -2.21. The summed E-state index contributed by atoms with van der Waals surface area (Å²) in [6, 6.07) is 17.9. The summed E-state index contributed by atoms with van der Waals surface area (Å²) in [5, 5.41) is 5.71. The third kappa shape index (κ3) is 3.64. The van der Waals surface area contributed by atoms with Gasteiger partial charge in [0.15, 0.2) is 5.65 Å². The second-order valence-corrected chi connectivity index (χ2v) is 7.40. The molecule has 2 aromatic carbocycles. The first-order valence-corrected chi connectivity index (χ1v) is 9.34. The third-order valence-corrected chi connectivity index (χ3v) is 5.09. The van der Waals surface area contributed by atoms with Crippen LogP contribution >= 0.6 is 23.2 Å². The van der Waals surface area contributed by atoms with E-state index >= 15 is 0 Å². The van der Waals surface area contributed by atoms with Gasteiger partial charge in [-0.3, -0.25) is 0 Å². The lowest BCUT2D eigenvalue weighted by Crippen LogP contribution is -2.20. The zero-order chi connectivity index (χ0) is 19.0. The number of aromatic nitrogens is 3. The quantitative estimate of drug-likeness (QED) is 0.446. The molecule has 0 unspecified atom stereocenters. The van der Waals surface area contributed by atoms with Gasteiger partial charge >= 0.3 is 0 Å². The van der Waals surface area contributed by atoms with Crippen LogP contribution in [-0.4, -0.2) is 21.6 Å². The van der Waals surface area contributed by atoms with Crippen LogP contribution in [0.25, 0.3) is 16.9 Å². The minimum absolute atomic E-state index is 0.627. The van der Waals surface area contributed by atoms with E-state index in [1.54, 1.807) is 12.3 Å². The van der Waals surface area contributed by atoms with Gasteiger partial charge in [0.25, 0.3) is 0 Å². The van der Waals surface area contributed by atoms with Crippen molar-refractivity contribution in [2.75, 3.05) is 11.9 Å². The summed E-state index contributed by atoms with van der Waals surface area (Å²) in [5.74, 6) is 0.937. The van der Waals surface area contributed by atoms with Crippen LogP contribution in [0.5, 0.6) is 0 Å². The lowest BCUT2D eigenvalue weighted by atomic mass is 10.1. The summed E-state index contributed by atoms with van der Waals surface area (Å²) < 4.78 is 1.83. The zero-order valence-electron chi connectivity index (χ0n) is 15.0. The highest BCUT2D eigenvalue weighted by Gasteiger charge is 2.13. The molecule has 4 nitrogen and oxygen atoms in total. The van der Waals surface area contributed by atoms with Gasteiger partial charge in [-0.2, -0.15) is 9.61 Å². The molecule has 4 rings (SSSR count). The highest BCUT2D eigenvalue weighted by Crippen LogP contribution is 2.27. The van der Waals surface area contributed by atoms with Crippen molar-refractivity contribution in [2.24, 2.45) is 0 Å². The highest BCUT2D eigenvalue weighted by molar-refractivity contribution is 6.35.